The summed E-state index contributed by atoms with van der Waals surface area (Å²) >= 11 is 0. The molecule has 1 aromatic rings. The predicted molar refractivity (Wildman–Crippen MR) is 91.2 cm³/mol. The van der Waals surface area contributed by atoms with Crippen molar-refractivity contribution in [2.45, 2.75) is 58.1 Å². The van der Waals surface area contributed by atoms with Gasteiger partial charge in [-0.3, -0.25) is 4.90 Å². The topological polar surface area (TPSA) is 59.0 Å². The lowest BCUT2D eigenvalue weighted by atomic mass is 10.1. The van der Waals surface area contributed by atoms with Gasteiger partial charge in [-0.1, -0.05) is 30.0 Å². The molecule has 1 aliphatic rings. The minimum atomic E-state index is -1.03. The Balaban J connectivity index is 2.18. The number of ether oxygens (including phenoxy) is 2. The zero-order valence-corrected chi connectivity index (χ0v) is 14.9. The molecule has 0 bridgehead atoms. The van der Waals surface area contributed by atoms with Crippen LogP contribution < -0.4 is 0 Å². The third-order valence-corrected chi connectivity index (χ3v) is 3.61. The Bertz CT molecular complexity index is 637. The highest BCUT2D eigenvalue weighted by molar-refractivity contribution is 5.70. The number of benzene rings is 1. The number of rotatable bonds is 1. The van der Waals surface area contributed by atoms with E-state index in [0.29, 0.717) is 0 Å². The molecular formula is C19H25NO4. The van der Waals surface area contributed by atoms with Gasteiger partial charge in [0.25, 0.3) is 0 Å². The smallest absolute Gasteiger partial charge is 0.413 e. The van der Waals surface area contributed by atoms with Gasteiger partial charge in [0.2, 0.25) is 0 Å². The second-order valence-electron chi connectivity index (χ2n) is 7.26. The first-order valence-corrected chi connectivity index (χ1v) is 8.01. The Kier molecular flexibility index (Phi) is 5.22. The monoisotopic (exact) mass is 331 g/mol. The van der Waals surface area contributed by atoms with Gasteiger partial charge in [-0.15, -0.1) is 0 Å². The molecule has 2 rings (SSSR count). The molecule has 1 heterocycles. The molecule has 0 aromatic heterocycles. The maximum absolute atomic E-state index is 12.5. The third kappa shape index (κ3) is 4.50. The van der Waals surface area contributed by atoms with E-state index in [2.05, 4.69) is 11.8 Å². The maximum Gasteiger partial charge on any atom is 0.413 e. The van der Waals surface area contributed by atoms with Crippen molar-refractivity contribution in [3.63, 3.8) is 0 Å². The quantitative estimate of drug-likeness (QED) is 0.804. The van der Waals surface area contributed by atoms with Gasteiger partial charge in [-0.05, 0) is 46.8 Å². The fourth-order valence-electron chi connectivity index (χ4n) is 2.51. The first-order valence-electron chi connectivity index (χ1n) is 8.01. The summed E-state index contributed by atoms with van der Waals surface area (Å²) in [4.78, 5) is 14.0. The number of nitrogens with zero attached hydrogens (tertiary/aromatic N) is 1. The van der Waals surface area contributed by atoms with E-state index in [1.807, 2.05) is 30.3 Å². The minimum absolute atomic E-state index is 0.205. The van der Waals surface area contributed by atoms with E-state index in [9.17, 15) is 9.90 Å². The second kappa shape index (κ2) is 6.84. The van der Waals surface area contributed by atoms with E-state index in [4.69, 9.17) is 9.47 Å². The Morgan fingerprint density at radius 2 is 2.00 bits per heavy atom. The molecule has 2 atom stereocenters. The van der Waals surface area contributed by atoms with Crippen LogP contribution in [0.15, 0.2) is 30.3 Å². The van der Waals surface area contributed by atoms with Crippen LogP contribution in [0.25, 0.3) is 0 Å². The van der Waals surface area contributed by atoms with Crippen LogP contribution in [0.5, 0.6) is 0 Å². The molecule has 0 unspecified atom stereocenters. The van der Waals surface area contributed by atoms with Crippen molar-refractivity contribution in [2.75, 3.05) is 6.61 Å². The molecule has 1 aromatic carbocycles. The van der Waals surface area contributed by atoms with Crippen LogP contribution in [0.3, 0.4) is 0 Å². The minimum Gasteiger partial charge on any atom is -0.444 e. The average molecular weight is 331 g/mol. The lowest BCUT2D eigenvalue weighted by Gasteiger charge is -2.35. The van der Waals surface area contributed by atoms with Crippen molar-refractivity contribution in [1.29, 1.82) is 0 Å². The molecule has 5 nitrogen and oxygen atoms in total. The molecule has 0 spiro atoms. The van der Waals surface area contributed by atoms with Crippen LogP contribution in [0.2, 0.25) is 0 Å². The highest BCUT2D eigenvalue weighted by Crippen LogP contribution is 2.30. The molecule has 0 saturated carbocycles. The SMILES string of the molecule is CC(C)(C)OC(=O)N1[C@H]([C@H](O)C#Cc2ccccc2)COC1(C)C. The van der Waals surface area contributed by atoms with Crippen molar-refractivity contribution < 1.29 is 19.4 Å². The van der Waals surface area contributed by atoms with Crippen LogP contribution in [-0.4, -0.2) is 46.2 Å². The normalized spacial score (nSPS) is 20.9. The van der Waals surface area contributed by atoms with Gasteiger partial charge >= 0.3 is 6.09 Å². The molecule has 1 amide bonds. The van der Waals surface area contributed by atoms with Crippen LogP contribution in [-0.2, 0) is 9.47 Å². The molecule has 5 heteroatoms. The molecule has 0 radical (unpaired) electrons. The Hall–Kier alpha value is -2.03. The zero-order chi connectivity index (χ0) is 18.0. The van der Waals surface area contributed by atoms with E-state index in [1.54, 1.807) is 34.6 Å². The second-order valence-corrected chi connectivity index (χ2v) is 7.26. The van der Waals surface area contributed by atoms with Crippen LogP contribution in [0, 0.1) is 11.8 Å². The van der Waals surface area contributed by atoms with Gasteiger partial charge in [0.05, 0.1) is 12.6 Å². The first-order chi connectivity index (χ1) is 11.1. The van der Waals surface area contributed by atoms with Crippen molar-refractivity contribution >= 4 is 6.09 Å². The molecule has 1 N–H and O–H groups in total. The fraction of sp³-hybridized carbons (Fsp3) is 0.526. The summed E-state index contributed by atoms with van der Waals surface area (Å²) in [6, 6.07) is 8.81. The molecule has 24 heavy (non-hydrogen) atoms. The molecule has 0 aliphatic carbocycles. The zero-order valence-electron chi connectivity index (χ0n) is 14.9. The lowest BCUT2D eigenvalue weighted by Crippen LogP contribution is -2.53. The Morgan fingerprint density at radius 1 is 1.38 bits per heavy atom. The summed E-state index contributed by atoms with van der Waals surface area (Å²) in [5.74, 6) is 5.72. The number of carbonyl (C=O) groups excluding carboxylic acids is 1. The molecular weight excluding hydrogens is 306 g/mol. The van der Waals surface area contributed by atoms with E-state index >= 15 is 0 Å². The fourth-order valence-corrected chi connectivity index (χ4v) is 2.51. The molecule has 1 saturated heterocycles. The summed E-state index contributed by atoms with van der Waals surface area (Å²) < 4.78 is 11.1. The lowest BCUT2D eigenvalue weighted by molar-refractivity contribution is -0.0658. The number of aliphatic hydroxyl groups is 1. The van der Waals surface area contributed by atoms with E-state index in [-0.39, 0.29) is 6.61 Å². The number of amides is 1. The highest BCUT2D eigenvalue weighted by atomic mass is 16.6. The highest BCUT2D eigenvalue weighted by Gasteiger charge is 2.48. The van der Waals surface area contributed by atoms with Crippen molar-refractivity contribution in [1.82, 2.24) is 4.90 Å². The number of carbonyl (C=O) groups is 1. The van der Waals surface area contributed by atoms with Gasteiger partial charge in [0.15, 0.2) is 0 Å². The van der Waals surface area contributed by atoms with Gasteiger partial charge in [-0.25, -0.2) is 4.79 Å². The molecule has 1 aliphatic heterocycles. The van der Waals surface area contributed by atoms with E-state index < -0.39 is 29.6 Å². The van der Waals surface area contributed by atoms with Crippen LogP contribution >= 0.6 is 0 Å². The summed E-state index contributed by atoms with van der Waals surface area (Å²) in [7, 11) is 0. The maximum atomic E-state index is 12.5. The van der Waals surface area contributed by atoms with Crippen molar-refractivity contribution in [3.8, 4) is 11.8 Å². The van der Waals surface area contributed by atoms with Gasteiger partial charge < -0.3 is 14.6 Å². The summed E-state index contributed by atoms with van der Waals surface area (Å²) in [6.45, 7) is 9.15. The number of aliphatic hydroxyl groups excluding tert-OH is 1. The summed E-state index contributed by atoms with van der Waals surface area (Å²) in [5.41, 5.74) is -0.679. The predicted octanol–water partition coefficient (Wildman–Crippen LogP) is 2.77. The molecule has 130 valence electrons. The number of hydrogen-bond acceptors (Lipinski definition) is 4. The van der Waals surface area contributed by atoms with E-state index in [1.165, 1.54) is 4.90 Å². The van der Waals surface area contributed by atoms with Crippen LogP contribution in [0.4, 0.5) is 4.79 Å². The van der Waals surface area contributed by atoms with E-state index in [0.717, 1.165) is 5.56 Å². The third-order valence-electron chi connectivity index (χ3n) is 3.61. The average Bonchev–Trinajstić information content (AvgIpc) is 2.79. The van der Waals surface area contributed by atoms with Crippen molar-refractivity contribution in [3.05, 3.63) is 35.9 Å². The van der Waals surface area contributed by atoms with Gasteiger partial charge in [-0.2, -0.15) is 0 Å². The molecule has 1 fully saturated rings. The summed E-state index contributed by atoms with van der Waals surface area (Å²) in [5, 5.41) is 10.5. The Labute approximate surface area is 143 Å². The summed E-state index contributed by atoms with van der Waals surface area (Å²) in [6.07, 6.45) is -1.55. The van der Waals surface area contributed by atoms with Gasteiger partial charge in [0.1, 0.15) is 17.4 Å². The Morgan fingerprint density at radius 3 is 2.58 bits per heavy atom. The van der Waals surface area contributed by atoms with Gasteiger partial charge in [0, 0.05) is 5.56 Å². The largest absolute Gasteiger partial charge is 0.444 e. The number of hydrogen-bond donors (Lipinski definition) is 1. The van der Waals surface area contributed by atoms with Crippen molar-refractivity contribution in [2.24, 2.45) is 0 Å². The first kappa shape index (κ1) is 18.3. The standard InChI is InChI=1S/C19H25NO4/c1-18(2,3)24-17(22)20-15(13-23-19(20,4)5)16(21)12-11-14-9-7-6-8-10-14/h6-10,15-16,21H,13H2,1-5H3/t15-,16+/m0/s1. The van der Waals surface area contributed by atoms with Crippen LogP contribution in [0.1, 0.15) is 40.2 Å².